The number of rotatable bonds is 12. The number of azide groups is 1. The van der Waals surface area contributed by atoms with Crippen LogP contribution in [-0.2, 0) is 6.42 Å². The lowest BCUT2D eigenvalue weighted by atomic mass is 9.84. The Balaban J connectivity index is 2.13. The molecule has 0 amide bonds. The monoisotopic (exact) mass is 399 g/mol. The molecule has 2 aromatic carbocycles. The topological polar surface area (TPSA) is 69.0 Å². The molecule has 0 heterocycles. The summed E-state index contributed by atoms with van der Waals surface area (Å²) in [4.78, 5) is 2.73. The molecule has 4 nitrogen and oxygen atoms in total. The maximum Gasteiger partial charge on any atom is 0.0615 e. The third-order valence-electron chi connectivity index (χ3n) is 4.71. The maximum absolute atomic E-state index is 8.89. The van der Waals surface area contributed by atoms with Gasteiger partial charge in [0.2, 0.25) is 0 Å². The van der Waals surface area contributed by atoms with Gasteiger partial charge in [-0.2, -0.15) is 0 Å². The number of hydrogen-bond donors (Lipinski definition) is 1. The van der Waals surface area contributed by atoms with Crippen LogP contribution in [0.3, 0.4) is 0 Å². The summed E-state index contributed by atoms with van der Waals surface area (Å²) in [5, 5.41) is 12.4. The van der Waals surface area contributed by atoms with E-state index in [4.69, 9.17) is 10.6 Å². The Labute approximate surface area is 179 Å². The first-order chi connectivity index (χ1) is 14.9. The van der Waals surface area contributed by atoms with Crippen molar-refractivity contribution in [1.29, 1.82) is 0 Å². The summed E-state index contributed by atoms with van der Waals surface area (Å²) in [6.45, 7) is 0.437. The molecule has 154 valence electrons. The van der Waals surface area contributed by atoms with E-state index in [0.717, 1.165) is 19.3 Å². The Kier molecular flexibility index (Phi) is 11.2. The minimum atomic E-state index is 0.0591. The van der Waals surface area contributed by atoms with Gasteiger partial charge >= 0.3 is 0 Å². The summed E-state index contributed by atoms with van der Waals surface area (Å²) in [5.41, 5.74) is 12.3. The van der Waals surface area contributed by atoms with Crippen molar-refractivity contribution in [1.82, 2.24) is 0 Å². The molecular formula is C26H29N3O. The van der Waals surface area contributed by atoms with Crippen molar-refractivity contribution >= 4 is 0 Å². The fourth-order valence-corrected chi connectivity index (χ4v) is 3.30. The highest BCUT2D eigenvalue weighted by Crippen LogP contribution is 2.31. The molecule has 0 bridgehead atoms. The van der Waals surface area contributed by atoms with E-state index in [1.54, 1.807) is 6.08 Å². The van der Waals surface area contributed by atoms with Gasteiger partial charge in [-0.3, -0.25) is 0 Å². The summed E-state index contributed by atoms with van der Waals surface area (Å²) in [5.74, 6) is 0.286. The lowest BCUT2D eigenvalue weighted by Crippen LogP contribution is -2.04. The summed E-state index contributed by atoms with van der Waals surface area (Å²) in [6, 6.07) is 19.3. The zero-order valence-corrected chi connectivity index (χ0v) is 17.2. The molecule has 1 atom stereocenters. The first-order valence-electron chi connectivity index (χ1n) is 10.2. The van der Waals surface area contributed by atoms with Gasteiger partial charge in [0.25, 0.3) is 0 Å². The van der Waals surface area contributed by atoms with Gasteiger partial charge in [-0.15, -0.1) is 0 Å². The Bertz CT molecular complexity index is 907. The molecule has 0 saturated carbocycles. The van der Waals surface area contributed by atoms with Crippen molar-refractivity contribution in [2.45, 2.75) is 25.2 Å². The quantitative estimate of drug-likeness (QED) is 0.184. The van der Waals surface area contributed by atoms with E-state index in [1.165, 1.54) is 16.7 Å². The molecule has 2 aromatic rings. The van der Waals surface area contributed by atoms with E-state index >= 15 is 0 Å². The zero-order chi connectivity index (χ0) is 21.3. The van der Waals surface area contributed by atoms with E-state index in [-0.39, 0.29) is 12.5 Å². The Morgan fingerprint density at radius 1 is 0.867 bits per heavy atom. The molecule has 0 radical (unpaired) electrons. The number of aliphatic hydroxyl groups is 1. The molecule has 0 aromatic heterocycles. The molecule has 1 N–H and O–H groups in total. The van der Waals surface area contributed by atoms with Crippen LogP contribution in [0.25, 0.3) is 10.4 Å². The molecule has 0 aliphatic heterocycles. The third kappa shape index (κ3) is 8.36. The number of hydrogen-bond acceptors (Lipinski definition) is 2. The van der Waals surface area contributed by atoms with Crippen LogP contribution in [0, 0.1) is 0 Å². The summed E-state index contributed by atoms with van der Waals surface area (Å²) >= 11 is 0. The van der Waals surface area contributed by atoms with Crippen LogP contribution in [-0.4, -0.2) is 18.3 Å². The van der Waals surface area contributed by atoms with Crippen molar-refractivity contribution in [2.75, 3.05) is 13.2 Å². The number of allylic oxidation sites excluding steroid dienone is 6. The number of aryl methyl sites for hydroxylation is 1. The molecule has 0 saturated heterocycles. The highest BCUT2D eigenvalue weighted by Gasteiger charge is 2.15. The third-order valence-corrected chi connectivity index (χ3v) is 4.71. The van der Waals surface area contributed by atoms with E-state index in [9.17, 15) is 0 Å². The van der Waals surface area contributed by atoms with Crippen molar-refractivity contribution in [3.05, 3.63) is 130 Å². The highest BCUT2D eigenvalue weighted by atomic mass is 16.2. The van der Waals surface area contributed by atoms with Crippen LogP contribution in [0.15, 0.2) is 108 Å². The van der Waals surface area contributed by atoms with Crippen LogP contribution in [0.2, 0.25) is 0 Å². The van der Waals surface area contributed by atoms with Gasteiger partial charge in [-0.25, -0.2) is 0 Å². The van der Waals surface area contributed by atoms with Gasteiger partial charge in [0.1, 0.15) is 0 Å². The Morgan fingerprint density at radius 3 is 2.37 bits per heavy atom. The molecule has 4 heteroatoms. The van der Waals surface area contributed by atoms with Crippen molar-refractivity contribution in [3.63, 3.8) is 0 Å². The lowest BCUT2D eigenvalue weighted by Gasteiger charge is -2.20. The van der Waals surface area contributed by atoms with Crippen molar-refractivity contribution in [2.24, 2.45) is 5.11 Å². The van der Waals surface area contributed by atoms with Gasteiger partial charge < -0.3 is 5.11 Å². The SMILES string of the molecule is [N-]=[N+]=NC/C=C/C=C/CCc1ccccc1C(CC=CC=CCO)c1ccccc1. The molecule has 0 aliphatic carbocycles. The van der Waals surface area contributed by atoms with Gasteiger partial charge in [-0.1, -0.05) is 108 Å². The smallest absolute Gasteiger partial charge is 0.0615 e. The van der Waals surface area contributed by atoms with Gasteiger partial charge in [0, 0.05) is 17.4 Å². The van der Waals surface area contributed by atoms with E-state index in [2.05, 4.69) is 70.7 Å². The summed E-state index contributed by atoms with van der Waals surface area (Å²) in [7, 11) is 0. The zero-order valence-electron chi connectivity index (χ0n) is 17.2. The lowest BCUT2D eigenvalue weighted by molar-refractivity contribution is 0.343. The highest BCUT2D eigenvalue weighted by molar-refractivity contribution is 5.39. The second-order valence-corrected chi connectivity index (χ2v) is 6.75. The number of aliphatic hydroxyl groups excluding tert-OH is 1. The molecule has 2 rings (SSSR count). The maximum atomic E-state index is 8.89. The minimum Gasteiger partial charge on any atom is -0.392 e. The van der Waals surface area contributed by atoms with Crippen LogP contribution in [0.4, 0.5) is 0 Å². The summed E-state index contributed by atoms with van der Waals surface area (Å²) < 4.78 is 0. The van der Waals surface area contributed by atoms with Gasteiger partial charge in [0.05, 0.1) is 6.61 Å². The first-order valence-corrected chi connectivity index (χ1v) is 10.2. The standard InChI is InChI=1S/C26H29N3O/c27-29-28-21-13-4-1-2-7-15-24-18-11-12-20-26(24)25(19-10-3-5-14-22-30)23-16-8-6-9-17-23/h1-6,8-14,16-18,20,25,30H,7,15,19,21-22H2/b2-1+,10-3?,13-4+,14-5?. The Hall–Kier alpha value is -3.33. The van der Waals surface area contributed by atoms with E-state index in [0.29, 0.717) is 6.54 Å². The van der Waals surface area contributed by atoms with Crippen molar-refractivity contribution < 1.29 is 5.11 Å². The number of nitrogens with zero attached hydrogens (tertiary/aromatic N) is 3. The van der Waals surface area contributed by atoms with Crippen LogP contribution in [0.5, 0.6) is 0 Å². The van der Waals surface area contributed by atoms with Crippen molar-refractivity contribution in [3.8, 4) is 0 Å². The van der Waals surface area contributed by atoms with Crippen LogP contribution < -0.4 is 0 Å². The van der Waals surface area contributed by atoms with Gasteiger partial charge in [-0.05, 0) is 41.5 Å². The largest absolute Gasteiger partial charge is 0.392 e. The normalized spacial score (nSPS) is 12.8. The average Bonchev–Trinajstić information content (AvgIpc) is 2.79. The predicted octanol–water partition coefficient (Wildman–Crippen LogP) is 6.67. The molecule has 0 spiro atoms. The Morgan fingerprint density at radius 2 is 1.57 bits per heavy atom. The van der Waals surface area contributed by atoms with E-state index in [1.807, 2.05) is 36.4 Å². The molecule has 0 fully saturated rings. The van der Waals surface area contributed by atoms with Gasteiger partial charge in [0.15, 0.2) is 0 Å². The fourth-order valence-electron chi connectivity index (χ4n) is 3.30. The van der Waals surface area contributed by atoms with E-state index < -0.39 is 0 Å². The molecule has 30 heavy (non-hydrogen) atoms. The molecule has 0 aliphatic rings. The second-order valence-electron chi connectivity index (χ2n) is 6.75. The predicted molar refractivity (Wildman–Crippen MR) is 125 cm³/mol. The minimum absolute atomic E-state index is 0.0591. The van der Waals surface area contributed by atoms with Crippen LogP contribution >= 0.6 is 0 Å². The van der Waals surface area contributed by atoms with Crippen LogP contribution in [0.1, 0.15) is 35.4 Å². The molecular weight excluding hydrogens is 370 g/mol. The number of benzene rings is 2. The molecule has 1 unspecified atom stereocenters. The second kappa shape index (κ2) is 14.6. The average molecular weight is 400 g/mol. The first kappa shape index (κ1) is 23.0. The fraction of sp³-hybridized carbons (Fsp3) is 0.231. The summed E-state index contributed by atoms with van der Waals surface area (Å²) in [6.07, 6.45) is 18.5.